The van der Waals surface area contributed by atoms with E-state index in [0.29, 0.717) is 16.3 Å². The maximum atomic E-state index is 12.4. The SMILES string of the molecule is CCc1ccccc1NC(=O)C(C)Sc1nc2nc[nH]c2c(=O)[nH]1. The molecule has 24 heavy (non-hydrogen) atoms. The normalized spacial score (nSPS) is 12.2. The minimum absolute atomic E-state index is 0.148. The van der Waals surface area contributed by atoms with Crippen molar-refractivity contribution in [2.24, 2.45) is 0 Å². The lowest BCUT2D eigenvalue weighted by Gasteiger charge is -2.13. The molecule has 7 nitrogen and oxygen atoms in total. The van der Waals surface area contributed by atoms with Crippen LogP contribution in [-0.2, 0) is 11.2 Å². The number of fused-ring (bicyclic) bond motifs is 1. The number of nitrogens with one attached hydrogen (secondary N) is 3. The third kappa shape index (κ3) is 3.33. The second-order valence-corrected chi connectivity index (χ2v) is 6.56. The van der Waals surface area contributed by atoms with Crippen molar-refractivity contribution in [3.05, 3.63) is 46.5 Å². The predicted molar refractivity (Wildman–Crippen MR) is 94.3 cm³/mol. The Morgan fingerprint density at radius 1 is 1.38 bits per heavy atom. The van der Waals surface area contributed by atoms with Crippen LogP contribution in [-0.4, -0.2) is 31.1 Å². The fourth-order valence-electron chi connectivity index (χ4n) is 2.28. The minimum atomic E-state index is -0.422. The summed E-state index contributed by atoms with van der Waals surface area (Å²) < 4.78 is 0. The van der Waals surface area contributed by atoms with Gasteiger partial charge in [0.1, 0.15) is 0 Å². The number of carbonyl (C=O) groups excluding carboxylic acids is 1. The van der Waals surface area contributed by atoms with Crippen LogP contribution in [0.3, 0.4) is 0 Å². The number of aryl methyl sites for hydroxylation is 1. The van der Waals surface area contributed by atoms with Crippen LogP contribution in [0.1, 0.15) is 19.4 Å². The first-order valence-corrected chi connectivity index (χ1v) is 8.45. The fraction of sp³-hybridized carbons (Fsp3) is 0.250. The van der Waals surface area contributed by atoms with E-state index in [2.05, 4.69) is 25.3 Å². The topological polar surface area (TPSA) is 104 Å². The predicted octanol–water partition coefficient (Wildman–Crippen LogP) is 2.33. The van der Waals surface area contributed by atoms with Crippen LogP contribution >= 0.6 is 11.8 Å². The molecule has 2 heterocycles. The number of hydrogen-bond donors (Lipinski definition) is 3. The van der Waals surface area contributed by atoms with E-state index >= 15 is 0 Å². The molecule has 124 valence electrons. The molecule has 0 aliphatic rings. The van der Waals surface area contributed by atoms with Crippen LogP contribution in [0.25, 0.3) is 11.2 Å². The van der Waals surface area contributed by atoms with E-state index in [1.165, 1.54) is 18.1 Å². The van der Waals surface area contributed by atoms with Crippen molar-refractivity contribution in [1.29, 1.82) is 0 Å². The monoisotopic (exact) mass is 343 g/mol. The van der Waals surface area contributed by atoms with Crippen molar-refractivity contribution in [3.63, 3.8) is 0 Å². The minimum Gasteiger partial charge on any atom is -0.339 e. The molecule has 8 heteroatoms. The third-order valence-corrected chi connectivity index (χ3v) is 4.57. The van der Waals surface area contributed by atoms with Gasteiger partial charge >= 0.3 is 0 Å². The van der Waals surface area contributed by atoms with Crippen LogP contribution in [0.5, 0.6) is 0 Å². The number of aromatic amines is 2. The van der Waals surface area contributed by atoms with E-state index in [-0.39, 0.29) is 11.5 Å². The number of rotatable bonds is 5. The van der Waals surface area contributed by atoms with E-state index in [9.17, 15) is 9.59 Å². The van der Waals surface area contributed by atoms with Gasteiger partial charge in [-0.1, -0.05) is 36.9 Å². The molecule has 3 aromatic rings. The van der Waals surface area contributed by atoms with Crippen LogP contribution in [0.15, 0.2) is 40.5 Å². The summed E-state index contributed by atoms with van der Waals surface area (Å²) in [5, 5.41) is 2.87. The summed E-state index contributed by atoms with van der Waals surface area (Å²) in [7, 11) is 0. The molecule has 0 aliphatic carbocycles. The second-order valence-electron chi connectivity index (χ2n) is 5.23. The molecule has 0 saturated heterocycles. The molecule has 0 bridgehead atoms. The number of nitrogens with zero attached hydrogens (tertiary/aromatic N) is 2. The molecule has 3 rings (SSSR count). The van der Waals surface area contributed by atoms with Gasteiger partial charge in [-0.15, -0.1) is 0 Å². The Balaban J connectivity index is 1.74. The molecule has 0 aliphatic heterocycles. The van der Waals surface area contributed by atoms with Crippen LogP contribution in [0, 0.1) is 0 Å². The number of benzene rings is 1. The lowest BCUT2D eigenvalue weighted by molar-refractivity contribution is -0.115. The molecule has 1 atom stereocenters. The molecule has 1 aromatic carbocycles. The van der Waals surface area contributed by atoms with Gasteiger partial charge in [0.05, 0.1) is 11.6 Å². The number of para-hydroxylation sites is 1. The van der Waals surface area contributed by atoms with Crippen molar-refractivity contribution in [3.8, 4) is 0 Å². The lowest BCUT2D eigenvalue weighted by Crippen LogP contribution is -2.23. The van der Waals surface area contributed by atoms with Crippen molar-refractivity contribution in [1.82, 2.24) is 19.9 Å². The van der Waals surface area contributed by atoms with Crippen molar-refractivity contribution < 1.29 is 4.79 Å². The first-order valence-electron chi connectivity index (χ1n) is 7.57. The highest BCUT2D eigenvalue weighted by molar-refractivity contribution is 8.00. The zero-order valence-electron chi connectivity index (χ0n) is 13.3. The molecule has 3 N–H and O–H groups in total. The second kappa shape index (κ2) is 6.88. The Kier molecular flexibility index (Phi) is 4.66. The number of H-pyrrole nitrogens is 2. The first kappa shape index (κ1) is 16.3. The van der Waals surface area contributed by atoms with Gasteiger partial charge in [0.2, 0.25) is 5.91 Å². The van der Waals surface area contributed by atoms with Crippen LogP contribution in [0.2, 0.25) is 0 Å². The molecule has 0 saturated carbocycles. The average Bonchev–Trinajstić information content (AvgIpc) is 3.04. The van der Waals surface area contributed by atoms with Gasteiger partial charge in [0.15, 0.2) is 16.3 Å². The largest absolute Gasteiger partial charge is 0.339 e. The smallest absolute Gasteiger partial charge is 0.277 e. The zero-order valence-corrected chi connectivity index (χ0v) is 14.1. The number of imidazole rings is 1. The van der Waals surface area contributed by atoms with Crippen molar-refractivity contribution >= 4 is 34.5 Å². The molecular weight excluding hydrogens is 326 g/mol. The first-order chi connectivity index (χ1) is 11.6. The van der Waals surface area contributed by atoms with E-state index in [1.54, 1.807) is 6.92 Å². The Morgan fingerprint density at radius 3 is 2.96 bits per heavy atom. The molecular formula is C16H17N5O2S. The molecule has 2 aromatic heterocycles. The van der Waals surface area contributed by atoms with Gasteiger partial charge in [0, 0.05) is 5.69 Å². The van der Waals surface area contributed by atoms with Crippen LogP contribution < -0.4 is 10.9 Å². The van der Waals surface area contributed by atoms with Gasteiger partial charge in [-0.25, -0.2) is 9.97 Å². The summed E-state index contributed by atoms with van der Waals surface area (Å²) >= 11 is 1.18. The number of hydrogen-bond acceptors (Lipinski definition) is 5. The molecule has 0 fully saturated rings. The molecule has 0 radical (unpaired) electrons. The quantitative estimate of drug-likeness (QED) is 0.487. The zero-order chi connectivity index (χ0) is 17.1. The summed E-state index contributed by atoms with van der Waals surface area (Å²) in [6.45, 7) is 3.81. The third-order valence-electron chi connectivity index (χ3n) is 3.59. The molecule has 1 unspecified atom stereocenters. The number of aromatic nitrogens is 4. The Labute approximate surface area is 142 Å². The molecule has 1 amide bonds. The lowest BCUT2D eigenvalue weighted by atomic mass is 10.1. The summed E-state index contributed by atoms with van der Waals surface area (Å²) in [4.78, 5) is 37.9. The van der Waals surface area contributed by atoms with Crippen molar-refractivity contribution in [2.75, 3.05) is 5.32 Å². The highest BCUT2D eigenvalue weighted by atomic mass is 32.2. The van der Waals surface area contributed by atoms with E-state index < -0.39 is 5.25 Å². The summed E-state index contributed by atoms with van der Waals surface area (Å²) in [5.41, 5.74) is 2.25. The van der Waals surface area contributed by atoms with Crippen LogP contribution in [0.4, 0.5) is 5.69 Å². The standard InChI is InChI=1S/C16H17N5O2S/c1-3-10-6-4-5-7-11(10)19-14(22)9(2)24-16-20-13-12(15(23)21-16)17-8-18-13/h4-9H,3H2,1-2H3,(H,19,22)(H2,17,18,20,21,23). The van der Waals surface area contributed by atoms with E-state index in [1.807, 2.05) is 31.2 Å². The highest BCUT2D eigenvalue weighted by Gasteiger charge is 2.18. The summed E-state index contributed by atoms with van der Waals surface area (Å²) in [5.74, 6) is -0.148. The summed E-state index contributed by atoms with van der Waals surface area (Å²) in [6, 6.07) is 7.69. The maximum Gasteiger partial charge on any atom is 0.277 e. The van der Waals surface area contributed by atoms with Gasteiger partial charge in [-0.3, -0.25) is 14.6 Å². The maximum absolute atomic E-state index is 12.4. The number of carbonyl (C=O) groups is 1. The number of amides is 1. The van der Waals surface area contributed by atoms with Gasteiger partial charge in [-0.05, 0) is 25.0 Å². The highest BCUT2D eigenvalue weighted by Crippen LogP contribution is 2.22. The Morgan fingerprint density at radius 2 is 2.17 bits per heavy atom. The van der Waals surface area contributed by atoms with Crippen molar-refractivity contribution in [2.45, 2.75) is 30.7 Å². The Bertz CT molecular complexity index is 933. The number of thioether (sulfide) groups is 1. The van der Waals surface area contributed by atoms with Gasteiger partial charge < -0.3 is 10.3 Å². The van der Waals surface area contributed by atoms with Gasteiger partial charge in [-0.2, -0.15) is 0 Å². The Hall–Kier alpha value is -2.61. The fourth-order valence-corrected chi connectivity index (χ4v) is 3.08. The van der Waals surface area contributed by atoms with E-state index in [0.717, 1.165) is 17.7 Å². The average molecular weight is 343 g/mol. The van der Waals surface area contributed by atoms with Gasteiger partial charge in [0.25, 0.3) is 5.56 Å². The van der Waals surface area contributed by atoms with E-state index in [4.69, 9.17) is 0 Å². The number of anilines is 1. The molecule has 0 spiro atoms. The summed E-state index contributed by atoms with van der Waals surface area (Å²) in [6.07, 6.45) is 2.25.